The van der Waals surface area contributed by atoms with Crippen LogP contribution in [0.15, 0.2) is 5.51 Å². The van der Waals surface area contributed by atoms with Crippen molar-refractivity contribution in [2.45, 2.75) is 26.7 Å². The third kappa shape index (κ3) is 2.33. The lowest BCUT2D eigenvalue weighted by atomic mass is 10.1. The molecule has 0 saturated carbocycles. The molecule has 0 N–H and O–H groups in total. The van der Waals surface area contributed by atoms with Gasteiger partial charge in [-0.3, -0.25) is 9.48 Å². The summed E-state index contributed by atoms with van der Waals surface area (Å²) in [7, 11) is 1.81. The van der Waals surface area contributed by atoms with Crippen molar-refractivity contribution in [3.63, 3.8) is 0 Å². The molecule has 2 aromatic heterocycles. The lowest BCUT2D eigenvalue weighted by molar-refractivity contribution is 0.0994. The Labute approximate surface area is 115 Å². The van der Waals surface area contributed by atoms with Gasteiger partial charge in [-0.05, 0) is 13.3 Å². The number of carbonyl (C=O) groups is 1. The van der Waals surface area contributed by atoms with Crippen LogP contribution in [0.4, 0.5) is 0 Å². The number of carbonyl (C=O) groups excluding carboxylic acids is 1. The van der Waals surface area contributed by atoms with Gasteiger partial charge in [-0.25, -0.2) is 4.98 Å². The SMILES string of the molecule is CCc1nn(C)c(CC(=O)c2scnc2C)c1Cl. The number of nitrogens with zero attached hydrogens (tertiary/aromatic N) is 3. The maximum absolute atomic E-state index is 12.2. The second-order valence-electron chi connectivity index (χ2n) is 4.05. The Morgan fingerprint density at radius 3 is 2.78 bits per heavy atom. The van der Waals surface area contributed by atoms with Gasteiger partial charge in [0.15, 0.2) is 5.78 Å². The number of halogens is 1. The van der Waals surface area contributed by atoms with Crippen LogP contribution in [0.3, 0.4) is 0 Å². The third-order valence-electron chi connectivity index (χ3n) is 2.83. The van der Waals surface area contributed by atoms with Crippen LogP contribution in [0.5, 0.6) is 0 Å². The molecule has 96 valence electrons. The molecule has 0 radical (unpaired) electrons. The fraction of sp³-hybridized carbons (Fsp3) is 0.417. The average molecular weight is 284 g/mol. The van der Waals surface area contributed by atoms with E-state index in [-0.39, 0.29) is 12.2 Å². The van der Waals surface area contributed by atoms with Gasteiger partial charge < -0.3 is 0 Å². The van der Waals surface area contributed by atoms with Crippen LogP contribution in [0.25, 0.3) is 0 Å². The van der Waals surface area contributed by atoms with Gasteiger partial charge in [0.05, 0.1) is 38.9 Å². The number of aryl methyl sites for hydroxylation is 3. The van der Waals surface area contributed by atoms with Crippen LogP contribution in [0.2, 0.25) is 5.02 Å². The molecule has 0 unspecified atom stereocenters. The minimum atomic E-state index is 0.0440. The first kappa shape index (κ1) is 13.2. The summed E-state index contributed by atoms with van der Waals surface area (Å²) in [4.78, 5) is 17.0. The fourth-order valence-electron chi connectivity index (χ4n) is 1.81. The van der Waals surface area contributed by atoms with Gasteiger partial charge in [0.2, 0.25) is 0 Å². The van der Waals surface area contributed by atoms with E-state index in [2.05, 4.69) is 10.1 Å². The monoisotopic (exact) mass is 283 g/mol. The minimum absolute atomic E-state index is 0.0440. The van der Waals surface area contributed by atoms with Gasteiger partial charge in [0.1, 0.15) is 0 Å². The van der Waals surface area contributed by atoms with Crippen LogP contribution in [-0.2, 0) is 19.9 Å². The summed E-state index contributed by atoms with van der Waals surface area (Å²) >= 11 is 7.59. The third-order valence-corrected chi connectivity index (χ3v) is 4.24. The van der Waals surface area contributed by atoms with E-state index in [1.165, 1.54) is 11.3 Å². The van der Waals surface area contributed by atoms with Gasteiger partial charge in [0, 0.05) is 7.05 Å². The maximum atomic E-state index is 12.2. The second kappa shape index (κ2) is 5.20. The molecule has 0 fully saturated rings. The van der Waals surface area contributed by atoms with Crippen molar-refractivity contribution in [1.29, 1.82) is 0 Å². The van der Waals surface area contributed by atoms with Gasteiger partial charge in [0.25, 0.3) is 0 Å². The van der Waals surface area contributed by atoms with Crippen LogP contribution in [0, 0.1) is 6.92 Å². The first-order valence-corrected chi connectivity index (χ1v) is 6.93. The van der Waals surface area contributed by atoms with Crippen molar-refractivity contribution < 1.29 is 4.79 Å². The Balaban J connectivity index is 2.27. The zero-order chi connectivity index (χ0) is 13.3. The molecule has 0 atom stereocenters. The van der Waals surface area contributed by atoms with Crippen molar-refractivity contribution in [1.82, 2.24) is 14.8 Å². The molecule has 0 aliphatic rings. The van der Waals surface area contributed by atoms with E-state index in [9.17, 15) is 4.79 Å². The number of aromatic nitrogens is 3. The normalized spacial score (nSPS) is 10.9. The van der Waals surface area contributed by atoms with E-state index in [0.717, 1.165) is 23.5 Å². The second-order valence-corrected chi connectivity index (χ2v) is 5.28. The minimum Gasteiger partial charge on any atom is -0.293 e. The molecule has 0 aliphatic heterocycles. The molecule has 2 rings (SSSR count). The van der Waals surface area contributed by atoms with Crippen LogP contribution < -0.4 is 0 Å². The van der Waals surface area contributed by atoms with E-state index in [1.54, 1.807) is 10.2 Å². The van der Waals surface area contributed by atoms with Gasteiger partial charge >= 0.3 is 0 Å². The molecule has 0 spiro atoms. The predicted octanol–water partition coefficient (Wildman–Crippen LogP) is 2.83. The zero-order valence-corrected chi connectivity index (χ0v) is 12.1. The fourth-order valence-corrected chi connectivity index (χ4v) is 2.92. The number of hydrogen-bond donors (Lipinski definition) is 0. The standard InChI is InChI=1S/C12H14ClN3OS/c1-4-8-11(13)9(16(3)15-8)5-10(17)12-7(2)14-6-18-12/h6H,4-5H2,1-3H3. The van der Waals surface area contributed by atoms with Crippen molar-refractivity contribution >= 4 is 28.7 Å². The highest BCUT2D eigenvalue weighted by molar-refractivity contribution is 7.11. The van der Waals surface area contributed by atoms with Crippen LogP contribution >= 0.6 is 22.9 Å². The molecule has 0 aromatic carbocycles. The summed E-state index contributed by atoms with van der Waals surface area (Å²) in [5.74, 6) is 0.0440. The summed E-state index contributed by atoms with van der Waals surface area (Å²) in [6.45, 7) is 3.83. The Morgan fingerprint density at radius 1 is 1.56 bits per heavy atom. The van der Waals surface area contributed by atoms with E-state index in [1.807, 2.05) is 20.9 Å². The van der Waals surface area contributed by atoms with Crippen molar-refractivity contribution in [2.75, 3.05) is 0 Å². The topological polar surface area (TPSA) is 47.8 Å². The molecule has 4 nitrogen and oxygen atoms in total. The number of ketones is 1. The number of Topliss-reactive ketones (excluding diaryl/α,β-unsaturated/α-hetero) is 1. The lowest BCUT2D eigenvalue weighted by Gasteiger charge is -2.01. The Morgan fingerprint density at radius 2 is 2.28 bits per heavy atom. The van der Waals surface area contributed by atoms with Gasteiger partial charge in [-0.1, -0.05) is 18.5 Å². The molecule has 0 amide bonds. The summed E-state index contributed by atoms with van der Waals surface area (Å²) < 4.78 is 1.69. The summed E-state index contributed by atoms with van der Waals surface area (Å²) in [6, 6.07) is 0. The molecule has 2 heterocycles. The van der Waals surface area contributed by atoms with Crippen molar-refractivity contribution in [3.8, 4) is 0 Å². The Kier molecular flexibility index (Phi) is 3.82. The highest BCUT2D eigenvalue weighted by atomic mass is 35.5. The zero-order valence-electron chi connectivity index (χ0n) is 10.5. The Hall–Kier alpha value is -1.20. The van der Waals surface area contributed by atoms with Crippen molar-refractivity contribution in [3.05, 3.63) is 32.5 Å². The highest BCUT2D eigenvalue weighted by Gasteiger charge is 2.19. The summed E-state index contributed by atoms with van der Waals surface area (Å²) in [5.41, 5.74) is 4.07. The molecule has 0 aliphatic carbocycles. The molecule has 6 heteroatoms. The number of rotatable bonds is 4. The van der Waals surface area contributed by atoms with Crippen LogP contribution in [0.1, 0.15) is 33.7 Å². The quantitative estimate of drug-likeness (QED) is 0.811. The van der Waals surface area contributed by atoms with Gasteiger partial charge in [-0.2, -0.15) is 5.10 Å². The lowest BCUT2D eigenvalue weighted by Crippen LogP contribution is -2.08. The first-order valence-electron chi connectivity index (χ1n) is 5.68. The number of hydrogen-bond acceptors (Lipinski definition) is 4. The maximum Gasteiger partial charge on any atom is 0.180 e. The van der Waals surface area contributed by atoms with Gasteiger partial charge in [-0.15, -0.1) is 11.3 Å². The summed E-state index contributed by atoms with van der Waals surface area (Å²) in [5, 5.41) is 4.91. The molecular formula is C12H14ClN3OS. The summed E-state index contributed by atoms with van der Waals surface area (Å²) in [6.07, 6.45) is 1.03. The number of thiazole rings is 1. The van der Waals surface area contributed by atoms with E-state index in [4.69, 9.17) is 11.6 Å². The largest absolute Gasteiger partial charge is 0.293 e. The van der Waals surface area contributed by atoms with E-state index < -0.39 is 0 Å². The van der Waals surface area contributed by atoms with E-state index in [0.29, 0.717) is 9.90 Å². The first-order chi connectivity index (χ1) is 8.54. The molecule has 0 saturated heterocycles. The molecule has 18 heavy (non-hydrogen) atoms. The van der Waals surface area contributed by atoms with Crippen LogP contribution in [-0.4, -0.2) is 20.5 Å². The van der Waals surface area contributed by atoms with Crippen molar-refractivity contribution in [2.24, 2.45) is 7.05 Å². The predicted molar refractivity (Wildman–Crippen MR) is 72.5 cm³/mol. The Bertz CT molecular complexity index is 588. The highest BCUT2D eigenvalue weighted by Crippen LogP contribution is 2.23. The molecule has 2 aromatic rings. The average Bonchev–Trinajstić information content (AvgIpc) is 2.87. The molecule has 0 bridgehead atoms. The molecular weight excluding hydrogens is 270 g/mol. The smallest absolute Gasteiger partial charge is 0.180 e. The van der Waals surface area contributed by atoms with E-state index >= 15 is 0 Å².